The number of nitrogens with zero attached hydrogens (tertiary/aromatic N) is 1. The molecule has 0 amide bonds. The number of thiazole rings is 1. The van der Waals surface area contributed by atoms with Crippen LogP contribution >= 0.6 is 22.7 Å². The van der Waals surface area contributed by atoms with E-state index < -0.39 is 0 Å². The Morgan fingerprint density at radius 3 is 2.80 bits per heavy atom. The molecule has 108 valence electrons. The number of hydrogen-bond acceptors (Lipinski definition) is 4. The van der Waals surface area contributed by atoms with E-state index in [1.165, 1.54) is 34.8 Å². The van der Waals surface area contributed by atoms with Gasteiger partial charge in [0.25, 0.3) is 0 Å². The van der Waals surface area contributed by atoms with Crippen LogP contribution in [0.4, 0.5) is 0 Å². The van der Waals surface area contributed by atoms with E-state index in [1.54, 1.807) is 21.8 Å². The quantitative estimate of drug-likeness (QED) is 0.912. The summed E-state index contributed by atoms with van der Waals surface area (Å²) in [6, 6.07) is 2.39. The zero-order valence-electron chi connectivity index (χ0n) is 12.5. The summed E-state index contributed by atoms with van der Waals surface area (Å²) in [4.78, 5) is 7.81. The molecule has 2 nitrogen and oxygen atoms in total. The van der Waals surface area contributed by atoms with Crippen LogP contribution in [0.25, 0.3) is 0 Å². The summed E-state index contributed by atoms with van der Waals surface area (Å²) in [6.07, 6.45) is 3.93. The minimum Gasteiger partial charge on any atom is -0.306 e. The van der Waals surface area contributed by atoms with Crippen molar-refractivity contribution in [3.63, 3.8) is 0 Å². The van der Waals surface area contributed by atoms with Crippen molar-refractivity contribution >= 4 is 22.7 Å². The molecule has 2 heterocycles. The summed E-state index contributed by atoms with van der Waals surface area (Å²) in [6.45, 7) is 8.50. The van der Waals surface area contributed by atoms with E-state index in [4.69, 9.17) is 4.98 Å². The molecule has 0 saturated carbocycles. The average Bonchev–Trinajstić information content (AvgIpc) is 3.01. The molecule has 0 aliphatic heterocycles. The fourth-order valence-electron chi connectivity index (χ4n) is 2.51. The summed E-state index contributed by atoms with van der Waals surface area (Å²) in [5.74, 6) is 0. The molecule has 20 heavy (non-hydrogen) atoms. The van der Waals surface area contributed by atoms with Crippen molar-refractivity contribution in [2.75, 3.05) is 0 Å². The molecule has 0 spiro atoms. The van der Waals surface area contributed by atoms with E-state index in [0.29, 0.717) is 0 Å². The maximum absolute atomic E-state index is 4.72. The standard InChI is InChI=1S/C16H22N2S2/c1-16(2,3)14-10-19-15(18-14)9-17-8-12-7-11-5-4-6-13(11)20-12/h7,10,17H,4-6,8-9H2,1-3H3. The van der Waals surface area contributed by atoms with Gasteiger partial charge >= 0.3 is 0 Å². The predicted octanol–water partition coefficient (Wildman–Crippen LogP) is 4.28. The molecular formula is C16H22N2S2. The van der Waals surface area contributed by atoms with Crippen LogP contribution in [0.15, 0.2) is 11.4 Å². The van der Waals surface area contributed by atoms with E-state index in [0.717, 1.165) is 13.1 Å². The van der Waals surface area contributed by atoms with Gasteiger partial charge in [0.05, 0.1) is 5.69 Å². The number of thiophene rings is 1. The number of aromatic nitrogens is 1. The molecule has 0 radical (unpaired) electrons. The highest BCUT2D eigenvalue weighted by atomic mass is 32.1. The van der Waals surface area contributed by atoms with Crippen molar-refractivity contribution in [1.29, 1.82) is 0 Å². The van der Waals surface area contributed by atoms with Gasteiger partial charge in [-0.25, -0.2) is 4.98 Å². The smallest absolute Gasteiger partial charge is 0.107 e. The third-order valence-electron chi connectivity index (χ3n) is 3.69. The largest absolute Gasteiger partial charge is 0.306 e. The maximum atomic E-state index is 4.72. The Morgan fingerprint density at radius 1 is 1.25 bits per heavy atom. The molecule has 0 fully saturated rings. The van der Waals surface area contributed by atoms with Crippen molar-refractivity contribution < 1.29 is 0 Å². The van der Waals surface area contributed by atoms with E-state index in [9.17, 15) is 0 Å². The Hall–Kier alpha value is -0.710. The summed E-state index contributed by atoms with van der Waals surface area (Å²) in [5, 5.41) is 6.91. The highest BCUT2D eigenvalue weighted by molar-refractivity contribution is 7.12. The highest BCUT2D eigenvalue weighted by Gasteiger charge is 2.17. The van der Waals surface area contributed by atoms with Crippen LogP contribution < -0.4 is 5.32 Å². The second-order valence-corrected chi connectivity index (χ2v) is 8.66. The van der Waals surface area contributed by atoms with Crippen LogP contribution in [-0.2, 0) is 31.3 Å². The fourth-order valence-corrected chi connectivity index (χ4v) is 4.73. The number of aryl methyl sites for hydroxylation is 2. The Labute approximate surface area is 129 Å². The van der Waals surface area contributed by atoms with Crippen molar-refractivity contribution in [2.45, 2.75) is 58.5 Å². The van der Waals surface area contributed by atoms with Gasteiger partial charge in [0.15, 0.2) is 0 Å². The second kappa shape index (κ2) is 5.58. The van der Waals surface area contributed by atoms with Crippen molar-refractivity contribution in [1.82, 2.24) is 10.3 Å². The summed E-state index contributed by atoms with van der Waals surface area (Å²) >= 11 is 3.75. The first-order chi connectivity index (χ1) is 9.52. The lowest BCUT2D eigenvalue weighted by Gasteiger charge is -2.14. The fraction of sp³-hybridized carbons (Fsp3) is 0.562. The molecule has 3 rings (SSSR count). The van der Waals surface area contributed by atoms with Crippen LogP contribution in [0.1, 0.15) is 53.2 Å². The molecule has 0 saturated heterocycles. The van der Waals surface area contributed by atoms with Gasteiger partial charge in [-0.2, -0.15) is 0 Å². The van der Waals surface area contributed by atoms with E-state index in [1.807, 2.05) is 11.3 Å². The van der Waals surface area contributed by atoms with Gasteiger partial charge in [0.1, 0.15) is 5.01 Å². The SMILES string of the molecule is CC(C)(C)c1csc(CNCc2cc3c(s2)CCC3)n1. The van der Waals surface area contributed by atoms with Crippen LogP contribution in [0, 0.1) is 0 Å². The zero-order chi connectivity index (χ0) is 14.2. The lowest BCUT2D eigenvalue weighted by atomic mass is 9.93. The lowest BCUT2D eigenvalue weighted by Crippen LogP contribution is -2.14. The lowest BCUT2D eigenvalue weighted by molar-refractivity contribution is 0.568. The van der Waals surface area contributed by atoms with Gasteiger partial charge in [-0.1, -0.05) is 20.8 Å². The molecule has 1 aliphatic carbocycles. The first-order valence-electron chi connectivity index (χ1n) is 7.28. The number of rotatable bonds is 4. The first-order valence-corrected chi connectivity index (χ1v) is 8.98. The van der Waals surface area contributed by atoms with E-state index in [2.05, 4.69) is 37.5 Å². The van der Waals surface area contributed by atoms with Gasteiger partial charge in [-0.15, -0.1) is 22.7 Å². The van der Waals surface area contributed by atoms with Gasteiger partial charge < -0.3 is 5.32 Å². The highest BCUT2D eigenvalue weighted by Crippen LogP contribution is 2.30. The first kappa shape index (κ1) is 14.2. The summed E-state index contributed by atoms with van der Waals surface area (Å²) in [7, 11) is 0. The monoisotopic (exact) mass is 306 g/mol. The van der Waals surface area contributed by atoms with Crippen LogP contribution in [0.5, 0.6) is 0 Å². The van der Waals surface area contributed by atoms with Crippen molar-refractivity contribution in [3.05, 3.63) is 37.5 Å². The molecule has 4 heteroatoms. The van der Waals surface area contributed by atoms with Crippen molar-refractivity contribution in [2.24, 2.45) is 0 Å². The average molecular weight is 307 g/mol. The van der Waals surface area contributed by atoms with Gasteiger partial charge in [0, 0.05) is 33.6 Å². The molecule has 1 aliphatic rings. The number of nitrogens with one attached hydrogen (secondary N) is 1. The maximum Gasteiger partial charge on any atom is 0.107 e. The van der Waals surface area contributed by atoms with Gasteiger partial charge in [0.2, 0.25) is 0 Å². The predicted molar refractivity (Wildman–Crippen MR) is 87.7 cm³/mol. The molecule has 1 N–H and O–H groups in total. The Kier molecular flexibility index (Phi) is 3.98. The van der Waals surface area contributed by atoms with Crippen LogP contribution in [0.3, 0.4) is 0 Å². The van der Waals surface area contributed by atoms with Crippen LogP contribution in [0.2, 0.25) is 0 Å². The van der Waals surface area contributed by atoms with E-state index in [-0.39, 0.29) is 5.41 Å². The molecule has 2 aromatic heterocycles. The third kappa shape index (κ3) is 3.13. The normalized spacial score (nSPS) is 14.8. The molecule has 2 aromatic rings. The van der Waals surface area contributed by atoms with Gasteiger partial charge in [-0.3, -0.25) is 0 Å². The molecule has 0 aromatic carbocycles. The minimum atomic E-state index is 0.156. The van der Waals surface area contributed by atoms with Crippen molar-refractivity contribution in [3.8, 4) is 0 Å². The summed E-state index contributed by atoms with van der Waals surface area (Å²) < 4.78 is 0. The third-order valence-corrected chi connectivity index (χ3v) is 5.78. The Morgan fingerprint density at radius 2 is 2.10 bits per heavy atom. The van der Waals surface area contributed by atoms with Crippen LogP contribution in [-0.4, -0.2) is 4.98 Å². The second-order valence-electron chi connectivity index (χ2n) is 6.49. The topological polar surface area (TPSA) is 24.9 Å². The Balaban J connectivity index is 1.53. The molecule has 0 atom stereocenters. The van der Waals surface area contributed by atoms with E-state index >= 15 is 0 Å². The number of hydrogen-bond donors (Lipinski definition) is 1. The number of fused-ring (bicyclic) bond motifs is 1. The molecular weight excluding hydrogens is 284 g/mol. The minimum absolute atomic E-state index is 0.156. The molecule has 0 unspecified atom stereocenters. The molecule has 0 bridgehead atoms. The summed E-state index contributed by atoms with van der Waals surface area (Å²) in [5.41, 5.74) is 2.95. The van der Waals surface area contributed by atoms with Gasteiger partial charge in [-0.05, 0) is 30.9 Å². The Bertz CT molecular complexity index is 568. The zero-order valence-corrected chi connectivity index (χ0v) is 14.1.